The minimum absolute atomic E-state index is 0. The lowest BCUT2D eigenvalue weighted by molar-refractivity contribution is -0.870. The van der Waals surface area contributed by atoms with Crippen LogP contribution in [0.1, 0.15) is 12.8 Å². The Balaban J connectivity index is 0.00000220. The molecule has 2 rings (SSSR count). The second-order valence-electron chi connectivity index (χ2n) is 6.29. The predicted octanol–water partition coefficient (Wildman–Crippen LogP) is -0.667. The summed E-state index contributed by atoms with van der Waals surface area (Å²) in [5.41, 5.74) is 0. The Morgan fingerprint density at radius 2 is 1.86 bits per heavy atom. The van der Waals surface area contributed by atoms with Gasteiger partial charge in [-0.1, -0.05) is 12.1 Å². The van der Waals surface area contributed by atoms with Crippen LogP contribution in [0.2, 0.25) is 0 Å². The first-order valence-electron chi connectivity index (χ1n) is 7.31. The van der Waals surface area contributed by atoms with Gasteiger partial charge in [0, 0.05) is 6.61 Å². The maximum atomic E-state index is 5.84. The lowest BCUT2D eigenvalue weighted by Gasteiger charge is -2.26. The SMILES string of the molecule is C[N+](C)(C)CCCCOCC1COc2ccccc2O1.[Br-]. The van der Waals surface area contributed by atoms with Crippen molar-refractivity contribution >= 4 is 0 Å². The van der Waals surface area contributed by atoms with Crippen molar-refractivity contribution in [1.82, 2.24) is 0 Å². The lowest BCUT2D eigenvalue weighted by Crippen LogP contribution is -3.00. The van der Waals surface area contributed by atoms with E-state index >= 15 is 0 Å². The van der Waals surface area contributed by atoms with Crippen molar-refractivity contribution in [1.29, 1.82) is 0 Å². The number of fused-ring (bicyclic) bond motifs is 1. The summed E-state index contributed by atoms with van der Waals surface area (Å²) in [5, 5.41) is 0. The third kappa shape index (κ3) is 6.68. The summed E-state index contributed by atoms with van der Waals surface area (Å²) in [6.45, 7) is 3.13. The molecule has 1 aromatic carbocycles. The maximum absolute atomic E-state index is 5.84. The Bertz CT molecular complexity index is 420. The summed E-state index contributed by atoms with van der Waals surface area (Å²) in [6, 6.07) is 7.77. The van der Waals surface area contributed by atoms with E-state index in [1.54, 1.807) is 0 Å². The van der Waals surface area contributed by atoms with E-state index in [1.807, 2.05) is 24.3 Å². The van der Waals surface area contributed by atoms with E-state index in [-0.39, 0.29) is 23.1 Å². The minimum Gasteiger partial charge on any atom is -1.00 e. The maximum Gasteiger partial charge on any atom is 0.161 e. The first kappa shape index (κ1) is 18.3. The van der Waals surface area contributed by atoms with Crippen LogP contribution in [0, 0.1) is 0 Å². The van der Waals surface area contributed by atoms with Crippen LogP contribution in [0.4, 0.5) is 0 Å². The highest BCUT2D eigenvalue weighted by Gasteiger charge is 2.20. The second kappa shape index (κ2) is 8.61. The molecular weight excluding hydrogens is 334 g/mol. The van der Waals surface area contributed by atoms with E-state index < -0.39 is 0 Å². The summed E-state index contributed by atoms with van der Waals surface area (Å²) >= 11 is 0. The molecule has 0 spiro atoms. The van der Waals surface area contributed by atoms with E-state index in [0.717, 1.165) is 29.0 Å². The summed E-state index contributed by atoms with van der Waals surface area (Å²) < 4.78 is 18.2. The first-order chi connectivity index (χ1) is 9.54. The van der Waals surface area contributed by atoms with Crippen LogP contribution in [0.3, 0.4) is 0 Å². The first-order valence-corrected chi connectivity index (χ1v) is 7.31. The normalized spacial score (nSPS) is 17.2. The van der Waals surface area contributed by atoms with Gasteiger partial charge in [-0.3, -0.25) is 0 Å². The molecule has 0 saturated heterocycles. The number of hydrogen-bond donors (Lipinski definition) is 0. The molecule has 1 atom stereocenters. The van der Waals surface area contributed by atoms with Crippen LogP contribution in [-0.4, -0.2) is 58.1 Å². The average molecular weight is 360 g/mol. The number of nitrogens with zero attached hydrogens (tertiary/aromatic N) is 1. The fourth-order valence-corrected chi connectivity index (χ4v) is 2.15. The molecule has 5 heteroatoms. The molecule has 1 aromatic rings. The number of para-hydroxylation sites is 2. The van der Waals surface area contributed by atoms with Gasteiger partial charge in [-0.15, -0.1) is 0 Å². The van der Waals surface area contributed by atoms with Crippen molar-refractivity contribution in [2.24, 2.45) is 0 Å². The standard InChI is InChI=1S/C16H26NO3.BrH/c1-17(2,3)10-6-7-11-18-12-14-13-19-15-8-4-5-9-16(15)20-14;/h4-5,8-9,14H,6-7,10-13H2,1-3H3;1H/q+1;/p-1. The summed E-state index contributed by atoms with van der Waals surface area (Å²) in [7, 11) is 6.64. The zero-order chi connectivity index (χ0) is 14.4. The number of hydrogen-bond acceptors (Lipinski definition) is 3. The molecule has 1 heterocycles. The zero-order valence-electron chi connectivity index (χ0n) is 13.2. The molecule has 1 aliphatic heterocycles. The Hall–Kier alpha value is -0.780. The highest BCUT2D eigenvalue weighted by Crippen LogP contribution is 2.30. The van der Waals surface area contributed by atoms with Gasteiger partial charge in [0.25, 0.3) is 0 Å². The number of quaternary nitrogens is 1. The fraction of sp³-hybridized carbons (Fsp3) is 0.625. The molecule has 1 unspecified atom stereocenters. The van der Waals surface area contributed by atoms with Crippen LogP contribution in [0.25, 0.3) is 0 Å². The molecule has 1 aliphatic rings. The topological polar surface area (TPSA) is 27.7 Å². The zero-order valence-corrected chi connectivity index (χ0v) is 14.8. The van der Waals surface area contributed by atoms with E-state index in [9.17, 15) is 0 Å². The van der Waals surface area contributed by atoms with Gasteiger partial charge in [-0.05, 0) is 25.0 Å². The smallest absolute Gasteiger partial charge is 0.161 e. The molecule has 0 fully saturated rings. The molecule has 0 amide bonds. The van der Waals surface area contributed by atoms with Gasteiger partial charge >= 0.3 is 0 Å². The van der Waals surface area contributed by atoms with E-state index in [1.165, 1.54) is 13.0 Å². The number of unbranched alkanes of at least 4 members (excludes halogenated alkanes) is 1. The third-order valence-corrected chi connectivity index (χ3v) is 3.24. The van der Waals surface area contributed by atoms with Gasteiger partial charge in [0.1, 0.15) is 6.61 Å². The molecular formula is C16H26BrNO3. The Labute approximate surface area is 138 Å². The highest BCUT2D eigenvalue weighted by molar-refractivity contribution is 5.40. The van der Waals surface area contributed by atoms with Crippen LogP contribution < -0.4 is 26.5 Å². The van der Waals surface area contributed by atoms with Crippen molar-refractivity contribution in [3.05, 3.63) is 24.3 Å². The van der Waals surface area contributed by atoms with Crippen LogP contribution in [0.15, 0.2) is 24.3 Å². The van der Waals surface area contributed by atoms with Gasteiger partial charge < -0.3 is 35.7 Å². The van der Waals surface area contributed by atoms with E-state index in [4.69, 9.17) is 14.2 Å². The Morgan fingerprint density at radius 3 is 2.57 bits per heavy atom. The van der Waals surface area contributed by atoms with Crippen molar-refractivity contribution in [3.8, 4) is 11.5 Å². The summed E-state index contributed by atoms with van der Waals surface area (Å²) in [5.74, 6) is 1.64. The van der Waals surface area contributed by atoms with E-state index in [0.29, 0.717) is 13.2 Å². The predicted molar refractivity (Wildman–Crippen MR) is 79.3 cm³/mol. The molecule has 120 valence electrons. The average Bonchev–Trinajstić information content (AvgIpc) is 2.41. The molecule has 4 nitrogen and oxygen atoms in total. The van der Waals surface area contributed by atoms with Crippen molar-refractivity contribution in [2.75, 3.05) is 47.5 Å². The second-order valence-corrected chi connectivity index (χ2v) is 6.29. The molecule has 0 saturated carbocycles. The highest BCUT2D eigenvalue weighted by atomic mass is 79.9. The van der Waals surface area contributed by atoms with Gasteiger partial charge in [0.2, 0.25) is 0 Å². The molecule has 0 N–H and O–H groups in total. The summed E-state index contributed by atoms with van der Waals surface area (Å²) in [6.07, 6.45) is 2.29. The number of benzene rings is 1. The quantitative estimate of drug-likeness (QED) is 0.477. The minimum atomic E-state index is 0. The third-order valence-electron chi connectivity index (χ3n) is 3.24. The van der Waals surface area contributed by atoms with Crippen molar-refractivity contribution in [3.63, 3.8) is 0 Å². The van der Waals surface area contributed by atoms with Crippen LogP contribution in [-0.2, 0) is 4.74 Å². The molecule has 0 bridgehead atoms. The van der Waals surface area contributed by atoms with E-state index in [2.05, 4.69) is 21.1 Å². The van der Waals surface area contributed by atoms with Crippen LogP contribution >= 0.6 is 0 Å². The Kier molecular flexibility index (Phi) is 7.49. The number of ether oxygens (including phenoxy) is 3. The number of rotatable bonds is 7. The largest absolute Gasteiger partial charge is 1.00 e. The Morgan fingerprint density at radius 1 is 1.14 bits per heavy atom. The molecule has 0 radical (unpaired) electrons. The lowest BCUT2D eigenvalue weighted by atomic mass is 10.2. The number of halogens is 1. The summed E-state index contributed by atoms with van der Waals surface area (Å²) in [4.78, 5) is 0. The van der Waals surface area contributed by atoms with Crippen LogP contribution in [0.5, 0.6) is 11.5 Å². The van der Waals surface area contributed by atoms with Crippen molar-refractivity contribution in [2.45, 2.75) is 18.9 Å². The molecule has 21 heavy (non-hydrogen) atoms. The van der Waals surface area contributed by atoms with Gasteiger partial charge in [-0.2, -0.15) is 0 Å². The van der Waals surface area contributed by atoms with Gasteiger partial charge in [0.15, 0.2) is 17.6 Å². The van der Waals surface area contributed by atoms with Gasteiger partial charge in [0.05, 0.1) is 34.3 Å². The molecule has 0 aromatic heterocycles. The monoisotopic (exact) mass is 359 g/mol. The molecule has 0 aliphatic carbocycles. The fourth-order valence-electron chi connectivity index (χ4n) is 2.15. The van der Waals surface area contributed by atoms with Crippen molar-refractivity contribution < 1.29 is 35.7 Å². The van der Waals surface area contributed by atoms with Gasteiger partial charge in [-0.25, -0.2) is 0 Å².